The minimum atomic E-state index is -2.32. The maximum atomic E-state index is 12.1. The van der Waals surface area contributed by atoms with Gasteiger partial charge in [-0.25, -0.2) is 0 Å². The Labute approximate surface area is 376 Å². The van der Waals surface area contributed by atoms with Crippen LogP contribution in [0.4, 0.5) is 0 Å². The molecule has 326 valence electrons. The Morgan fingerprint density at radius 3 is 1.11 bits per heavy atom. The molecule has 1 unspecified atom stereocenters. The first-order chi connectivity index (χ1) is 30.4. The molecule has 0 aromatic heterocycles. The van der Waals surface area contributed by atoms with Crippen LogP contribution in [0.2, 0.25) is 0 Å². The Balaban J connectivity index is 1.47. The number of hydrogen-bond acceptors (Lipinski definition) is 11. The third-order valence-electron chi connectivity index (χ3n) is 10.7. The maximum Gasteiger partial charge on any atom is 0.530 e. The highest BCUT2D eigenvalue weighted by Gasteiger charge is 2.30. The molecule has 0 bridgehead atoms. The van der Waals surface area contributed by atoms with Crippen LogP contribution in [0.1, 0.15) is 96.6 Å². The summed E-state index contributed by atoms with van der Waals surface area (Å²) >= 11 is 1.42. The van der Waals surface area contributed by atoms with Gasteiger partial charge in [0.05, 0.1) is 33.6 Å². The highest BCUT2D eigenvalue weighted by atomic mass is 32.2. The van der Waals surface area contributed by atoms with Crippen molar-refractivity contribution in [1.82, 2.24) is 0 Å². The lowest BCUT2D eigenvalue weighted by Crippen LogP contribution is -2.16. The van der Waals surface area contributed by atoms with Crippen LogP contribution in [0.3, 0.4) is 0 Å². The molecule has 0 saturated carbocycles. The zero-order chi connectivity index (χ0) is 45.0. The molecule has 10 nitrogen and oxygen atoms in total. The summed E-state index contributed by atoms with van der Waals surface area (Å²) in [5.74, 6) is 2.52. The number of aldehydes is 3. The van der Waals surface area contributed by atoms with Crippen molar-refractivity contribution in [3.63, 3.8) is 0 Å². The highest BCUT2D eigenvalue weighted by molar-refractivity contribution is 7.99. The summed E-state index contributed by atoms with van der Waals surface area (Å²) in [4.78, 5) is 37.7. The average molecular weight is 905 g/mol. The van der Waals surface area contributed by atoms with E-state index in [4.69, 9.17) is 31.9 Å². The van der Waals surface area contributed by atoms with Crippen LogP contribution >= 0.6 is 29.0 Å². The molecule has 0 saturated heterocycles. The van der Waals surface area contributed by atoms with Crippen LogP contribution in [0.5, 0.6) is 40.2 Å². The molecule has 0 heterocycles. The van der Waals surface area contributed by atoms with Crippen LogP contribution in [-0.4, -0.2) is 26.0 Å². The highest BCUT2D eigenvalue weighted by Crippen LogP contribution is 2.52. The minimum Gasteiger partial charge on any atom is -0.493 e. The zero-order valence-electron chi connectivity index (χ0n) is 36.2. The van der Waals surface area contributed by atoms with Gasteiger partial charge in [-0.15, -0.1) is 0 Å². The summed E-state index contributed by atoms with van der Waals surface area (Å²) in [6.07, 6.45) is 3.85. The lowest BCUT2D eigenvalue weighted by molar-refractivity contribution is 0.111. The SMILES string of the molecule is CCC(C)(C)c1ccc(OP(Oc2ccccc2C=O)Oc2ccccc2C=O)c(Sc2cc(C(C)(C)CC)ccc2OP(Oc2ccccc2C=O)Oc2ccccc2OC)c1. The molecule has 0 aliphatic heterocycles. The normalized spacial score (nSPS) is 11.9. The van der Waals surface area contributed by atoms with E-state index in [-0.39, 0.29) is 28.1 Å². The van der Waals surface area contributed by atoms with E-state index in [0.717, 1.165) is 35.2 Å². The second kappa shape index (κ2) is 21.5. The van der Waals surface area contributed by atoms with Gasteiger partial charge in [0.2, 0.25) is 0 Å². The zero-order valence-corrected chi connectivity index (χ0v) is 38.8. The van der Waals surface area contributed by atoms with Gasteiger partial charge in [0.25, 0.3) is 0 Å². The molecule has 63 heavy (non-hydrogen) atoms. The van der Waals surface area contributed by atoms with E-state index in [1.165, 1.54) is 11.8 Å². The smallest absolute Gasteiger partial charge is 0.493 e. The van der Waals surface area contributed by atoms with Crippen molar-refractivity contribution in [2.75, 3.05) is 7.11 Å². The Hall–Kier alpha value is -5.86. The number of benzene rings is 6. The fraction of sp³-hybridized carbons (Fsp3) is 0.220. The third kappa shape index (κ3) is 11.8. The average Bonchev–Trinajstić information content (AvgIpc) is 3.30. The van der Waals surface area contributed by atoms with E-state index < -0.39 is 17.2 Å². The van der Waals surface area contributed by atoms with Crippen LogP contribution in [0.25, 0.3) is 0 Å². The minimum absolute atomic E-state index is 0.203. The fourth-order valence-electron chi connectivity index (χ4n) is 5.97. The van der Waals surface area contributed by atoms with Crippen LogP contribution in [0.15, 0.2) is 143 Å². The van der Waals surface area contributed by atoms with Crippen LogP contribution in [-0.2, 0) is 10.8 Å². The molecule has 0 fully saturated rings. The largest absolute Gasteiger partial charge is 0.530 e. The molecule has 0 N–H and O–H groups in total. The van der Waals surface area contributed by atoms with E-state index >= 15 is 0 Å². The van der Waals surface area contributed by atoms with Crippen molar-refractivity contribution < 1.29 is 46.3 Å². The molecule has 0 amide bonds. The van der Waals surface area contributed by atoms with Crippen molar-refractivity contribution in [2.24, 2.45) is 0 Å². The Kier molecular flexibility index (Phi) is 15.9. The summed E-state index contributed by atoms with van der Waals surface area (Å²) in [7, 11) is -3.03. The van der Waals surface area contributed by atoms with Gasteiger partial charge in [0, 0.05) is 0 Å². The first kappa shape index (κ1) is 46.6. The van der Waals surface area contributed by atoms with Gasteiger partial charge in [-0.3, -0.25) is 14.4 Å². The quantitative estimate of drug-likeness (QED) is 0.0479. The van der Waals surface area contributed by atoms with E-state index in [0.29, 0.717) is 57.2 Å². The van der Waals surface area contributed by atoms with Gasteiger partial charge < -0.3 is 31.9 Å². The number of rotatable bonds is 22. The summed E-state index contributed by atoms with van der Waals surface area (Å²) in [6, 6.07) is 39.6. The summed E-state index contributed by atoms with van der Waals surface area (Å²) < 4.78 is 44.6. The lowest BCUT2D eigenvalue weighted by atomic mass is 9.82. The van der Waals surface area contributed by atoms with Crippen molar-refractivity contribution in [3.05, 3.63) is 161 Å². The van der Waals surface area contributed by atoms with Gasteiger partial charge in [-0.05, 0) is 108 Å². The maximum absolute atomic E-state index is 12.1. The molecule has 0 aliphatic rings. The van der Waals surface area contributed by atoms with E-state index in [2.05, 4.69) is 53.7 Å². The molecule has 6 aromatic rings. The molecule has 13 heteroatoms. The molecule has 6 aromatic carbocycles. The standard InChI is InChI=1S/C50H50O10P2S/c1-8-49(3,4)38-26-28-45(59-61(55-40-21-13-10-18-35(40)32-51)56-41-22-14-11-19-36(41)33-52)47(30-38)63-48-31-39(50(5,6)9-2)27-29-46(48)60-62(57-42-23-15-12-20-37(42)34-53)58-44-25-17-16-24-43(44)54-7/h10-34H,8-9H2,1-7H3. The molecule has 6 rings (SSSR count). The molecule has 0 aliphatic carbocycles. The topological polar surface area (TPSA) is 116 Å². The predicted octanol–water partition coefficient (Wildman–Crippen LogP) is 14.2. The Bertz CT molecular complexity index is 2470. The number of methoxy groups -OCH3 is 1. The van der Waals surface area contributed by atoms with E-state index in [9.17, 15) is 14.4 Å². The predicted molar refractivity (Wildman–Crippen MR) is 250 cm³/mol. The van der Waals surface area contributed by atoms with Crippen molar-refractivity contribution in [3.8, 4) is 40.2 Å². The second-order valence-corrected chi connectivity index (χ2v) is 18.6. The number of ether oxygens (including phenoxy) is 1. The van der Waals surface area contributed by atoms with Gasteiger partial charge in [0.15, 0.2) is 30.4 Å². The molecular formula is C50H50O10P2S. The van der Waals surface area contributed by atoms with E-state index in [1.54, 1.807) is 92.0 Å². The second-order valence-electron chi connectivity index (χ2n) is 15.5. The van der Waals surface area contributed by atoms with Gasteiger partial charge in [-0.1, -0.05) is 114 Å². The van der Waals surface area contributed by atoms with E-state index in [1.807, 2.05) is 36.4 Å². The first-order valence-electron chi connectivity index (χ1n) is 20.3. The molecule has 0 radical (unpaired) electrons. The van der Waals surface area contributed by atoms with Crippen molar-refractivity contribution in [1.29, 1.82) is 0 Å². The summed E-state index contributed by atoms with van der Waals surface area (Å²) in [5, 5.41) is 0. The van der Waals surface area contributed by atoms with Crippen LogP contribution in [0, 0.1) is 0 Å². The van der Waals surface area contributed by atoms with Gasteiger partial charge >= 0.3 is 17.2 Å². The van der Waals surface area contributed by atoms with Crippen LogP contribution < -0.4 is 31.9 Å². The van der Waals surface area contributed by atoms with Gasteiger partial charge in [-0.2, -0.15) is 0 Å². The van der Waals surface area contributed by atoms with Crippen molar-refractivity contribution in [2.45, 2.75) is 75.0 Å². The summed E-state index contributed by atoms with van der Waals surface area (Å²) in [6.45, 7) is 13.0. The number of para-hydroxylation sites is 5. The Morgan fingerprint density at radius 1 is 0.444 bits per heavy atom. The first-order valence-corrected chi connectivity index (χ1v) is 23.3. The molecular weight excluding hydrogens is 855 g/mol. The Morgan fingerprint density at radius 2 is 0.762 bits per heavy atom. The number of hydrogen-bond donors (Lipinski definition) is 0. The summed E-state index contributed by atoms with van der Waals surface area (Å²) in [5.41, 5.74) is 2.66. The van der Waals surface area contributed by atoms with Gasteiger partial charge in [0.1, 0.15) is 28.7 Å². The molecule has 1 atom stereocenters. The van der Waals surface area contributed by atoms with Crippen molar-refractivity contribution >= 4 is 47.8 Å². The lowest BCUT2D eigenvalue weighted by Gasteiger charge is -2.27. The number of carbonyl (C=O) groups is 3. The monoisotopic (exact) mass is 904 g/mol. The third-order valence-corrected chi connectivity index (χ3v) is 13.8. The number of carbonyl (C=O) groups excluding carboxylic acids is 3. The fourth-order valence-corrected chi connectivity index (χ4v) is 9.27. The molecule has 0 spiro atoms.